The molecule has 0 radical (unpaired) electrons. The Labute approximate surface area is 169 Å². The summed E-state index contributed by atoms with van der Waals surface area (Å²) in [4.78, 5) is 14.6. The van der Waals surface area contributed by atoms with Crippen molar-refractivity contribution in [2.24, 2.45) is 0 Å². The number of carbonyl (C=O) groups is 1. The number of amides is 1. The predicted octanol–water partition coefficient (Wildman–Crippen LogP) is 3.72. The molecular formula is C20H25BrN2O3S. The van der Waals surface area contributed by atoms with Crippen molar-refractivity contribution in [3.05, 3.63) is 64.1 Å². The van der Waals surface area contributed by atoms with Crippen LogP contribution in [0.15, 0.2) is 57.9 Å². The van der Waals surface area contributed by atoms with E-state index < -0.39 is 9.84 Å². The van der Waals surface area contributed by atoms with Crippen LogP contribution in [0.4, 0.5) is 0 Å². The van der Waals surface area contributed by atoms with Crippen LogP contribution < -0.4 is 5.32 Å². The molecule has 0 unspecified atom stereocenters. The maximum absolute atomic E-state index is 12.4. The van der Waals surface area contributed by atoms with E-state index in [1.54, 1.807) is 24.3 Å². The third kappa shape index (κ3) is 6.16. The molecule has 0 aromatic heterocycles. The van der Waals surface area contributed by atoms with Gasteiger partial charge in [0.2, 0.25) is 5.91 Å². The normalized spacial score (nSPS) is 14.0. The minimum atomic E-state index is -3.21. The van der Waals surface area contributed by atoms with Gasteiger partial charge in [-0.05, 0) is 56.3 Å². The van der Waals surface area contributed by atoms with Crippen LogP contribution in [0.25, 0.3) is 0 Å². The maximum Gasteiger partial charge on any atom is 0.234 e. The Hall–Kier alpha value is -1.70. The molecule has 2 atom stereocenters. The second kappa shape index (κ2) is 8.99. The Morgan fingerprint density at radius 2 is 1.56 bits per heavy atom. The fraction of sp³-hybridized carbons (Fsp3) is 0.350. The van der Waals surface area contributed by atoms with Gasteiger partial charge in [-0.1, -0.05) is 40.2 Å². The highest BCUT2D eigenvalue weighted by molar-refractivity contribution is 9.10. The first-order chi connectivity index (χ1) is 12.6. The summed E-state index contributed by atoms with van der Waals surface area (Å²) in [5.74, 6) is -0.0625. The van der Waals surface area contributed by atoms with Gasteiger partial charge in [-0.3, -0.25) is 9.69 Å². The number of halogens is 1. The first-order valence-corrected chi connectivity index (χ1v) is 11.3. The Kier molecular flexibility index (Phi) is 7.19. The van der Waals surface area contributed by atoms with Crippen molar-refractivity contribution < 1.29 is 13.2 Å². The molecule has 27 heavy (non-hydrogen) atoms. The Morgan fingerprint density at radius 1 is 1.04 bits per heavy atom. The first-order valence-electron chi connectivity index (χ1n) is 8.63. The molecule has 5 nitrogen and oxygen atoms in total. The molecule has 0 spiro atoms. The number of likely N-dealkylation sites (N-methyl/N-ethyl adjacent to an activating group) is 1. The summed E-state index contributed by atoms with van der Waals surface area (Å²) in [5, 5.41) is 3.01. The van der Waals surface area contributed by atoms with Crippen molar-refractivity contribution in [3.63, 3.8) is 0 Å². The molecule has 1 N–H and O–H groups in total. The summed E-state index contributed by atoms with van der Waals surface area (Å²) in [6.45, 7) is 4.19. The molecule has 0 aliphatic rings. The fourth-order valence-corrected chi connectivity index (χ4v) is 3.63. The van der Waals surface area contributed by atoms with Crippen LogP contribution in [0, 0.1) is 0 Å². The highest BCUT2D eigenvalue weighted by Crippen LogP contribution is 2.21. The Morgan fingerprint density at radius 3 is 2.07 bits per heavy atom. The van der Waals surface area contributed by atoms with E-state index in [4.69, 9.17) is 0 Å². The highest BCUT2D eigenvalue weighted by Gasteiger charge is 2.17. The zero-order valence-corrected chi connectivity index (χ0v) is 18.3. The molecule has 0 heterocycles. The summed E-state index contributed by atoms with van der Waals surface area (Å²) in [7, 11) is -1.33. The summed E-state index contributed by atoms with van der Waals surface area (Å²) < 4.78 is 24.1. The van der Waals surface area contributed by atoms with E-state index in [2.05, 4.69) is 21.2 Å². The molecule has 0 aliphatic carbocycles. The smallest absolute Gasteiger partial charge is 0.234 e. The molecule has 0 saturated heterocycles. The van der Waals surface area contributed by atoms with Crippen LogP contribution in [0.3, 0.4) is 0 Å². The molecule has 7 heteroatoms. The SMILES string of the molecule is C[C@H](NC(=O)CN(C)[C@@H](C)c1ccc(S(C)(=O)=O)cc1)c1ccc(Br)cc1. The molecule has 0 fully saturated rings. The maximum atomic E-state index is 12.4. The minimum Gasteiger partial charge on any atom is -0.348 e. The number of rotatable bonds is 7. The van der Waals surface area contributed by atoms with Gasteiger partial charge < -0.3 is 5.32 Å². The molecule has 146 valence electrons. The van der Waals surface area contributed by atoms with E-state index in [-0.39, 0.29) is 24.5 Å². The van der Waals surface area contributed by atoms with E-state index in [1.807, 2.05) is 50.1 Å². The van der Waals surface area contributed by atoms with Gasteiger partial charge in [-0.2, -0.15) is 0 Å². The first kappa shape index (κ1) is 21.6. The topological polar surface area (TPSA) is 66.5 Å². The lowest BCUT2D eigenvalue weighted by molar-refractivity contribution is -0.123. The van der Waals surface area contributed by atoms with Crippen LogP contribution >= 0.6 is 15.9 Å². The molecule has 2 aromatic carbocycles. The largest absolute Gasteiger partial charge is 0.348 e. The molecule has 0 aliphatic heterocycles. The van der Waals surface area contributed by atoms with E-state index in [0.717, 1.165) is 15.6 Å². The zero-order valence-electron chi connectivity index (χ0n) is 15.9. The number of hydrogen-bond acceptors (Lipinski definition) is 4. The average molecular weight is 453 g/mol. The third-order valence-corrected chi connectivity index (χ3v) is 6.25. The van der Waals surface area contributed by atoms with Gasteiger partial charge in [-0.15, -0.1) is 0 Å². The van der Waals surface area contributed by atoms with Gasteiger partial charge in [0.1, 0.15) is 0 Å². The van der Waals surface area contributed by atoms with E-state index in [0.29, 0.717) is 4.90 Å². The summed E-state index contributed by atoms with van der Waals surface area (Å²) in [5.41, 5.74) is 2.00. The van der Waals surface area contributed by atoms with Crippen molar-refractivity contribution in [1.82, 2.24) is 10.2 Å². The number of nitrogens with one attached hydrogen (secondary N) is 1. The van der Waals surface area contributed by atoms with Gasteiger partial charge in [0.05, 0.1) is 17.5 Å². The number of benzene rings is 2. The quantitative estimate of drug-likeness (QED) is 0.694. The standard InChI is InChI=1S/C20H25BrN2O3S/c1-14(16-5-9-18(21)10-6-16)22-20(24)13-23(3)15(2)17-7-11-19(12-8-17)27(4,25)26/h5-12,14-15H,13H2,1-4H3,(H,22,24)/t14-,15-/m0/s1. The number of carbonyl (C=O) groups excluding carboxylic acids is 1. The molecular weight excluding hydrogens is 428 g/mol. The van der Waals surface area contributed by atoms with E-state index in [1.165, 1.54) is 6.26 Å². The second-order valence-electron chi connectivity index (χ2n) is 6.77. The Bertz CT molecular complexity index is 880. The Balaban J connectivity index is 1.95. The van der Waals surface area contributed by atoms with Gasteiger partial charge in [0.15, 0.2) is 9.84 Å². The molecule has 0 saturated carbocycles. The molecule has 1 amide bonds. The van der Waals surface area contributed by atoms with Crippen LogP contribution in [0.2, 0.25) is 0 Å². The average Bonchev–Trinajstić information content (AvgIpc) is 2.60. The van der Waals surface area contributed by atoms with Crippen molar-refractivity contribution in [2.45, 2.75) is 30.8 Å². The molecule has 2 rings (SSSR count). The van der Waals surface area contributed by atoms with Crippen molar-refractivity contribution in [1.29, 1.82) is 0 Å². The third-order valence-electron chi connectivity index (χ3n) is 4.59. The fourth-order valence-electron chi connectivity index (χ4n) is 2.73. The number of sulfone groups is 1. The lowest BCUT2D eigenvalue weighted by atomic mass is 10.1. The summed E-state index contributed by atoms with van der Waals surface area (Å²) in [6, 6.07) is 14.5. The van der Waals surface area contributed by atoms with E-state index in [9.17, 15) is 13.2 Å². The predicted molar refractivity (Wildman–Crippen MR) is 111 cm³/mol. The van der Waals surface area contributed by atoms with Crippen LogP contribution in [0.1, 0.15) is 37.1 Å². The monoisotopic (exact) mass is 452 g/mol. The second-order valence-corrected chi connectivity index (χ2v) is 9.70. The van der Waals surface area contributed by atoms with Crippen molar-refractivity contribution in [2.75, 3.05) is 19.8 Å². The lowest BCUT2D eigenvalue weighted by Gasteiger charge is -2.25. The molecule has 2 aromatic rings. The van der Waals surface area contributed by atoms with Gasteiger partial charge in [0, 0.05) is 16.8 Å². The van der Waals surface area contributed by atoms with Gasteiger partial charge in [-0.25, -0.2) is 8.42 Å². The zero-order chi connectivity index (χ0) is 20.2. The summed E-state index contributed by atoms with van der Waals surface area (Å²) in [6.07, 6.45) is 1.19. The van der Waals surface area contributed by atoms with Gasteiger partial charge in [0.25, 0.3) is 0 Å². The van der Waals surface area contributed by atoms with Crippen LogP contribution in [-0.2, 0) is 14.6 Å². The van der Waals surface area contributed by atoms with Crippen LogP contribution in [0.5, 0.6) is 0 Å². The highest BCUT2D eigenvalue weighted by atomic mass is 79.9. The van der Waals surface area contributed by atoms with Crippen molar-refractivity contribution in [3.8, 4) is 0 Å². The molecule has 0 bridgehead atoms. The summed E-state index contributed by atoms with van der Waals surface area (Å²) >= 11 is 3.40. The minimum absolute atomic E-state index is 0.0210. The van der Waals surface area contributed by atoms with E-state index >= 15 is 0 Å². The van der Waals surface area contributed by atoms with Gasteiger partial charge >= 0.3 is 0 Å². The lowest BCUT2D eigenvalue weighted by Crippen LogP contribution is -2.37. The number of hydrogen-bond donors (Lipinski definition) is 1. The van der Waals surface area contributed by atoms with Crippen LogP contribution in [-0.4, -0.2) is 39.1 Å². The number of nitrogens with zero attached hydrogens (tertiary/aromatic N) is 1. The van der Waals surface area contributed by atoms with Crippen molar-refractivity contribution >= 4 is 31.7 Å².